The van der Waals surface area contributed by atoms with Crippen molar-refractivity contribution in [1.29, 1.82) is 0 Å². The molecule has 0 aromatic heterocycles. The van der Waals surface area contributed by atoms with Crippen LogP contribution in [0.25, 0.3) is 0 Å². The second-order valence-electron chi connectivity index (χ2n) is 5.36. The van der Waals surface area contributed by atoms with Crippen molar-refractivity contribution in [3.63, 3.8) is 0 Å². The van der Waals surface area contributed by atoms with E-state index in [4.69, 9.17) is 0 Å². The number of hydrogen-bond donors (Lipinski definition) is 0. The topological polar surface area (TPSA) is 40.1 Å². The number of carboxylic acids is 1. The molecule has 110 valence electrons. The molecule has 2 nitrogen and oxygen atoms in total. The maximum Gasteiger partial charge on any atom is 1.00 e. The van der Waals surface area contributed by atoms with Gasteiger partial charge in [-0.3, -0.25) is 0 Å². The first-order valence-corrected chi connectivity index (χ1v) is 7.97. The molecule has 0 aliphatic heterocycles. The zero-order chi connectivity index (χ0) is 13.5. The smallest absolute Gasteiger partial charge is 1.00 e. The van der Waals surface area contributed by atoms with Gasteiger partial charge in [-0.15, -0.1) is 0 Å². The van der Waals surface area contributed by atoms with Crippen molar-refractivity contribution in [2.45, 2.75) is 96.8 Å². The molecular formula is C16H32Na2O2. The molecular weight excluding hydrogens is 270 g/mol. The molecule has 0 N–H and O–H groups in total. The van der Waals surface area contributed by atoms with Crippen molar-refractivity contribution in [2.75, 3.05) is 0 Å². The first-order chi connectivity index (χ1) is 8.77. The van der Waals surface area contributed by atoms with Gasteiger partial charge in [0.1, 0.15) is 0 Å². The van der Waals surface area contributed by atoms with Gasteiger partial charge in [0.15, 0.2) is 0 Å². The fourth-order valence-corrected chi connectivity index (χ4v) is 2.29. The summed E-state index contributed by atoms with van der Waals surface area (Å²) in [6, 6.07) is 0. The van der Waals surface area contributed by atoms with Crippen molar-refractivity contribution in [3.8, 4) is 0 Å². The summed E-state index contributed by atoms with van der Waals surface area (Å²) in [6.45, 7) is 2.26. The number of aliphatic carboxylic acids is 1. The molecule has 0 fully saturated rings. The molecule has 0 spiro atoms. The molecule has 0 unspecified atom stereocenters. The quantitative estimate of drug-likeness (QED) is 0.285. The molecule has 0 atom stereocenters. The van der Waals surface area contributed by atoms with E-state index in [9.17, 15) is 9.90 Å². The van der Waals surface area contributed by atoms with Crippen LogP contribution in [0.15, 0.2) is 0 Å². The SMILES string of the molecule is CCCCCCCCCCCCCCCC(=O)[O-].[H-].[Na+].[Na+]. The van der Waals surface area contributed by atoms with Crippen LogP contribution in [0.5, 0.6) is 0 Å². The number of carbonyl (C=O) groups excluding carboxylic acids is 1. The average Bonchev–Trinajstić information content (AvgIpc) is 2.34. The van der Waals surface area contributed by atoms with Gasteiger partial charge in [-0.25, -0.2) is 0 Å². The Kier molecular flexibility index (Phi) is 30.0. The van der Waals surface area contributed by atoms with Crippen LogP contribution in [0.4, 0.5) is 0 Å². The summed E-state index contributed by atoms with van der Waals surface area (Å²) >= 11 is 0. The Morgan fingerprint density at radius 2 is 1.00 bits per heavy atom. The molecule has 0 aliphatic rings. The molecule has 0 bridgehead atoms. The number of rotatable bonds is 14. The van der Waals surface area contributed by atoms with Crippen LogP contribution >= 0.6 is 0 Å². The van der Waals surface area contributed by atoms with Crippen molar-refractivity contribution in [1.82, 2.24) is 0 Å². The minimum absolute atomic E-state index is 0. The molecule has 0 aliphatic carbocycles. The van der Waals surface area contributed by atoms with Crippen molar-refractivity contribution in [3.05, 3.63) is 0 Å². The van der Waals surface area contributed by atoms with Crippen LogP contribution in [0.3, 0.4) is 0 Å². The summed E-state index contributed by atoms with van der Waals surface area (Å²) in [7, 11) is 0. The predicted molar refractivity (Wildman–Crippen MR) is 76.4 cm³/mol. The first-order valence-electron chi connectivity index (χ1n) is 7.97. The summed E-state index contributed by atoms with van der Waals surface area (Å²) in [4.78, 5) is 10.2. The minimum atomic E-state index is -0.905. The van der Waals surface area contributed by atoms with E-state index in [1.807, 2.05) is 0 Å². The van der Waals surface area contributed by atoms with Gasteiger partial charge in [0, 0.05) is 5.97 Å². The molecule has 0 heterocycles. The Bertz CT molecular complexity index is 193. The Hall–Kier alpha value is 1.47. The number of hydrogen-bond acceptors (Lipinski definition) is 2. The van der Waals surface area contributed by atoms with Crippen LogP contribution in [-0.2, 0) is 4.79 Å². The van der Waals surface area contributed by atoms with Crippen LogP contribution in [0.2, 0.25) is 0 Å². The van der Waals surface area contributed by atoms with Crippen LogP contribution < -0.4 is 64.2 Å². The number of unbranched alkanes of at least 4 members (excludes halogenated alkanes) is 12. The fraction of sp³-hybridized carbons (Fsp3) is 0.938. The van der Waals surface area contributed by atoms with Crippen LogP contribution in [-0.4, -0.2) is 5.97 Å². The van der Waals surface area contributed by atoms with Crippen molar-refractivity contribution >= 4 is 5.97 Å². The second kappa shape index (κ2) is 22.7. The average molecular weight is 302 g/mol. The predicted octanol–water partition coefficient (Wildman–Crippen LogP) is -1.66. The van der Waals surface area contributed by atoms with E-state index < -0.39 is 5.97 Å². The molecule has 0 saturated heterocycles. The zero-order valence-corrected chi connectivity index (χ0v) is 18.2. The van der Waals surface area contributed by atoms with E-state index in [1.54, 1.807) is 0 Å². The van der Waals surface area contributed by atoms with E-state index in [-0.39, 0.29) is 67.0 Å². The Morgan fingerprint density at radius 3 is 1.30 bits per heavy atom. The molecule has 0 radical (unpaired) electrons. The maximum atomic E-state index is 10.2. The van der Waals surface area contributed by atoms with E-state index >= 15 is 0 Å². The van der Waals surface area contributed by atoms with Gasteiger partial charge in [-0.1, -0.05) is 84.0 Å². The van der Waals surface area contributed by atoms with Gasteiger partial charge in [-0.05, 0) is 12.8 Å². The molecule has 0 aromatic carbocycles. The van der Waals surface area contributed by atoms with E-state index in [1.165, 1.54) is 70.6 Å². The molecule has 4 heteroatoms. The van der Waals surface area contributed by atoms with Gasteiger partial charge in [0.25, 0.3) is 0 Å². The Morgan fingerprint density at radius 1 is 0.700 bits per heavy atom. The number of carbonyl (C=O) groups is 1. The third-order valence-corrected chi connectivity index (χ3v) is 3.48. The van der Waals surface area contributed by atoms with E-state index in [0.717, 1.165) is 12.8 Å². The first kappa shape index (κ1) is 26.4. The largest absolute Gasteiger partial charge is 1.00 e. The second-order valence-corrected chi connectivity index (χ2v) is 5.36. The van der Waals surface area contributed by atoms with E-state index in [0.29, 0.717) is 0 Å². The van der Waals surface area contributed by atoms with Gasteiger partial charge in [0.05, 0.1) is 0 Å². The van der Waals surface area contributed by atoms with Gasteiger partial charge < -0.3 is 11.3 Å². The molecule has 0 saturated carbocycles. The summed E-state index contributed by atoms with van der Waals surface area (Å²) in [5.41, 5.74) is 0. The summed E-state index contributed by atoms with van der Waals surface area (Å²) in [6.07, 6.45) is 16.9. The van der Waals surface area contributed by atoms with Crippen LogP contribution in [0.1, 0.15) is 98.2 Å². The zero-order valence-electron chi connectivity index (χ0n) is 15.2. The third kappa shape index (κ3) is 24.5. The molecule has 0 aromatic rings. The Labute approximate surface area is 171 Å². The summed E-state index contributed by atoms with van der Waals surface area (Å²) < 4.78 is 0. The monoisotopic (exact) mass is 302 g/mol. The van der Waals surface area contributed by atoms with Gasteiger partial charge in [0.2, 0.25) is 0 Å². The minimum Gasteiger partial charge on any atom is -1.00 e. The maximum absolute atomic E-state index is 10.2. The van der Waals surface area contributed by atoms with Crippen molar-refractivity contribution in [2.24, 2.45) is 0 Å². The van der Waals surface area contributed by atoms with Crippen molar-refractivity contribution < 1.29 is 70.4 Å². The summed E-state index contributed by atoms with van der Waals surface area (Å²) in [5, 5.41) is 10.2. The fourth-order valence-electron chi connectivity index (χ4n) is 2.29. The van der Waals surface area contributed by atoms with Gasteiger partial charge in [-0.2, -0.15) is 0 Å². The normalized spacial score (nSPS) is 9.65. The summed E-state index contributed by atoms with van der Waals surface area (Å²) in [5.74, 6) is -0.905. The van der Waals surface area contributed by atoms with Gasteiger partial charge >= 0.3 is 59.1 Å². The molecule has 0 rings (SSSR count). The van der Waals surface area contributed by atoms with E-state index in [2.05, 4.69) is 6.92 Å². The third-order valence-electron chi connectivity index (χ3n) is 3.48. The standard InChI is InChI=1S/C16H32O2.2Na.H/c1-2-3-4-5-6-7-8-9-10-11-12-13-14-15-16(17)18;;;/h2-15H2,1H3,(H,17,18);;;/q;2*+1;-1/p-1. The Balaban J connectivity index is -0.000000482. The van der Waals surface area contributed by atoms with Crippen LogP contribution in [0, 0.1) is 0 Å². The number of carboxylic acid groups (broad SMARTS) is 1. The molecule has 20 heavy (non-hydrogen) atoms. The molecule has 0 amide bonds.